The number of nitrogens with one attached hydrogen (secondary N) is 1. The van der Waals surface area contributed by atoms with E-state index in [4.69, 9.17) is 0 Å². The van der Waals surface area contributed by atoms with Crippen LogP contribution in [-0.2, 0) is 32.6 Å². The van der Waals surface area contributed by atoms with E-state index in [0.717, 1.165) is 38.4 Å². The van der Waals surface area contributed by atoms with Gasteiger partial charge in [-0.2, -0.15) is 0 Å². The highest BCUT2D eigenvalue weighted by Crippen LogP contribution is 2.23. The monoisotopic (exact) mass is 521 g/mol. The summed E-state index contributed by atoms with van der Waals surface area (Å²) < 4.78 is 26.8. The number of likely N-dealkylation sites (N-methyl/N-ethyl adjacent to an activating group) is 1. The molecular weight excluding hydrogens is 486 g/mol. The summed E-state index contributed by atoms with van der Waals surface area (Å²) in [4.78, 5) is 28.5. The second-order valence-corrected chi connectivity index (χ2v) is 11.4. The number of hydrogen-bond acceptors (Lipinski definition) is 4. The summed E-state index contributed by atoms with van der Waals surface area (Å²) in [6, 6.07) is 21.8. The first-order chi connectivity index (χ1) is 17.5. The SMILES string of the molecule is CNC(=O)[C@H](Cc1ccccc1)N(Cc1cccc(C)c1)C(=O)CN(c1cc(C)cc(C)c1)S(C)(=O)=O. The third-order valence-electron chi connectivity index (χ3n) is 6.13. The number of anilines is 1. The van der Waals surface area contributed by atoms with Gasteiger partial charge in [0, 0.05) is 20.0 Å². The number of sulfonamides is 1. The molecule has 0 saturated heterocycles. The van der Waals surface area contributed by atoms with Crippen molar-refractivity contribution in [1.29, 1.82) is 0 Å². The maximum absolute atomic E-state index is 13.9. The number of rotatable bonds is 10. The Kier molecular flexibility index (Phi) is 9.10. The highest BCUT2D eigenvalue weighted by Gasteiger charge is 2.32. The molecule has 2 amide bonds. The third-order valence-corrected chi connectivity index (χ3v) is 7.27. The van der Waals surface area contributed by atoms with Gasteiger partial charge in [0.1, 0.15) is 12.6 Å². The lowest BCUT2D eigenvalue weighted by Crippen LogP contribution is -2.52. The van der Waals surface area contributed by atoms with E-state index in [1.807, 2.05) is 81.4 Å². The topological polar surface area (TPSA) is 86.8 Å². The van der Waals surface area contributed by atoms with Crippen molar-refractivity contribution in [3.8, 4) is 0 Å². The fraction of sp³-hybridized carbons (Fsp3) is 0.310. The maximum Gasteiger partial charge on any atom is 0.244 e. The summed E-state index contributed by atoms with van der Waals surface area (Å²) in [6.45, 7) is 5.46. The molecule has 8 heteroatoms. The Labute approximate surface area is 220 Å². The van der Waals surface area contributed by atoms with E-state index in [9.17, 15) is 18.0 Å². The van der Waals surface area contributed by atoms with Gasteiger partial charge in [0.2, 0.25) is 21.8 Å². The normalized spacial score (nSPS) is 12.0. The Balaban J connectivity index is 2.04. The standard InChI is InChI=1S/C29H35N3O4S/c1-21-10-9-13-25(15-21)19-31(27(29(34)30-4)18-24-11-7-6-8-12-24)28(33)20-32(37(5,35)36)26-16-22(2)14-23(3)17-26/h6-17,27H,18-20H2,1-5H3,(H,30,34)/t27-/m0/s1. The van der Waals surface area contributed by atoms with E-state index in [-0.39, 0.29) is 12.5 Å². The van der Waals surface area contributed by atoms with Crippen molar-refractivity contribution in [1.82, 2.24) is 10.2 Å². The van der Waals surface area contributed by atoms with E-state index < -0.39 is 28.5 Å². The second-order valence-electron chi connectivity index (χ2n) is 9.45. The van der Waals surface area contributed by atoms with Crippen molar-refractivity contribution >= 4 is 27.5 Å². The smallest absolute Gasteiger partial charge is 0.244 e. The van der Waals surface area contributed by atoms with Gasteiger partial charge in [0.15, 0.2) is 0 Å². The van der Waals surface area contributed by atoms with Gasteiger partial charge < -0.3 is 10.2 Å². The zero-order chi connectivity index (χ0) is 27.2. The Morgan fingerprint density at radius 3 is 2.03 bits per heavy atom. The number of benzene rings is 3. The number of amides is 2. The summed E-state index contributed by atoms with van der Waals surface area (Å²) in [7, 11) is -2.25. The maximum atomic E-state index is 13.9. The molecule has 0 spiro atoms. The molecule has 0 aromatic heterocycles. The molecule has 1 atom stereocenters. The van der Waals surface area contributed by atoms with E-state index in [2.05, 4.69) is 5.32 Å². The number of nitrogens with zero attached hydrogens (tertiary/aromatic N) is 2. The van der Waals surface area contributed by atoms with Crippen molar-refractivity contribution in [2.24, 2.45) is 0 Å². The van der Waals surface area contributed by atoms with Gasteiger partial charge in [-0.15, -0.1) is 0 Å². The second kappa shape index (κ2) is 12.1. The average Bonchev–Trinajstić information content (AvgIpc) is 2.83. The molecule has 3 aromatic carbocycles. The fourth-order valence-electron chi connectivity index (χ4n) is 4.44. The molecular formula is C29H35N3O4S. The van der Waals surface area contributed by atoms with Crippen LogP contribution < -0.4 is 9.62 Å². The number of carbonyl (C=O) groups is 2. The van der Waals surface area contributed by atoms with E-state index in [1.165, 1.54) is 11.9 Å². The van der Waals surface area contributed by atoms with Gasteiger partial charge in [0.25, 0.3) is 0 Å². The number of carbonyl (C=O) groups excluding carboxylic acids is 2. The molecule has 3 aromatic rings. The van der Waals surface area contributed by atoms with Crippen LogP contribution in [0.3, 0.4) is 0 Å². The van der Waals surface area contributed by atoms with Gasteiger partial charge >= 0.3 is 0 Å². The third kappa shape index (κ3) is 7.67. The summed E-state index contributed by atoms with van der Waals surface area (Å²) in [5, 5.41) is 2.68. The Morgan fingerprint density at radius 1 is 0.838 bits per heavy atom. The minimum atomic E-state index is -3.78. The lowest BCUT2D eigenvalue weighted by molar-refractivity contribution is -0.139. The molecule has 0 heterocycles. The predicted octanol–water partition coefficient (Wildman–Crippen LogP) is 3.76. The summed E-state index contributed by atoms with van der Waals surface area (Å²) in [5.74, 6) is -0.780. The largest absolute Gasteiger partial charge is 0.357 e. The minimum Gasteiger partial charge on any atom is -0.357 e. The van der Waals surface area contributed by atoms with Crippen molar-refractivity contribution in [3.05, 3.63) is 101 Å². The van der Waals surface area contributed by atoms with Crippen LogP contribution in [0.4, 0.5) is 5.69 Å². The van der Waals surface area contributed by atoms with Crippen molar-refractivity contribution in [2.75, 3.05) is 24.2 Å². The highest BCUT2D eigenvalue weighted by molar-refractivity contribution is 7.92. The van der Waals surface area contributed by atoms with Gasteiger partial charge in [0.05, 0.1) is 11.9 Å². The quantitative estimate of drug-likeness (QED) is 0.440. The molecule has 1 N–H and O–H groups in total. The molecule has 0 aliphatic heterocycles. The Bertz CT molecular complexity index is 1340. The summed E-state index contributed by atoms with van der Waals surface area (Å²) in [5.41, 5.74) is 4.97. The molecule has 0 bridgehead atoms. The minimum absolute atomic E-state index is 0.163. The first kappa shape index (κ1) is 27.9. The van der Waals surface area contributed by atoms with Crippen LogP contribution in [0.15, 0.2) is 72.8 Å². The van der Waals surface area contributed by atoms with Crippen LogP contribution in [0.2, 0.25) is 0 Å². The molecule has 0 unspecified atom stereocenters. The summed E-state index contributed by atoms with van der Waals surface area (Å²) in [6.07, 6.45) is 1.38. The fourth-order valence-corrected chi connectivity index (χ4v) is 5.27. The van der Waals surface area contributed by atoms with Gasteiger partial charge in [-0.25, -0.2) is 8.42 Å². The Hall–Kier alpha value is -3.65. The molecule has 0 aliphatic rings. The molecule has 196 valence electrons. The van der Waals surface area contributed by atoms with Crippen LogP contribution in [-0.4, -0.2) is 51.0 Å². The van der Waals surface area contributed by atoms with Gasteiger partial charge in [-0.3, -0.25) is 13.9 Å². The van der Waals surface area contributed by atoms with E-state index >= 15 is 0 Å². The molecule has 7 nitrogen and oxygen atoms in total. The lowest BCUT2D eigenvalue weighted by atomic mass is 10.0. The van der Waals surface area contributed by atoms with Crippen molar-refractivity contribution in [2.45, 2.75) is 39.8 Å². The molecule has 3 rings (SSSR count). The van der Waals surface area contributed by atoms with Crippen molar-refractivity contribution in [3.63, 3.8) is 0 Å². The lowest BCUT2D eigenvalue weighted by Gasteiger charge is -2.33. The van der Waals surface area contributed by atoms with Crippen LogP contribution in [0.5, 0.6) is 0 Å². The zero-order valence-electron chi connectivity index (χ0n) is 22.1. The van der Waals surface area contributed by atoms with Crippen LogP contribution >= 0.6 is 0 Å². The van der Waals surface area contributed by atoms with Crippen LogP contribution in [0.25, 0.3) is 0 Å². The zero-order valence-corrected chi connectivity index (χ0v) is 22.9. The number of hydrogen-bond donors (Lipinski definition) is 1. The average molecular weight is 522 g/mol. The predicted molar refractivity (Wildman–Crippen MR) is 148 cm³/mol. The van der Waals surface area contributed by atoms with Crippen molar-refractivity contribution < 1.29 is 18.0 Å². The molecule has 0 saturated carbocycles. The molecule has 0 aliphatic carbocycles. The van der Waals surface area contributed by atoms with E-state index in [1.54, 1.807) is 12.1 Å². The Morgan fingerprint density at radius 2 is 1.46 bits per heavy atom. The number of aryl methyl sites for hydroxylation is 3. The van der Waals surface area contributed by atoms with E-state index in [0.29, 0.717) is 12.1 Å². The van der Waals surface area contributed by atoms with Crippen LogP contribution in [0, 0.1) is 20.8 Å². The van der Waals surface area contributed by atoms with Gasteiger partial charge in [-0.1, -0.05) is 66.2 Å². The van der Waals surface area contributed by atoms with Crippen LogP contribution in [0.1, 0.15) is 27.8 Å². The van der Waals surface area contributed by atoms with Gasteiger partial charge in [-0.05, 0) is 55.2 Å². The molecule has 0 fully saturated rings. The first-order valence-electron chi connectivity index (χ1n) is 12.1. The highest BCUT2D eigenvalue weighted by atomic mass is 32.2. The molecule has 37 heavy (non-hydrogen) atoms. The molecule has 0 radical (unpaired) electrons. The first-order valence-corrected chi connectivity index (χ1v) is 14.0. The summed E-state index contributed by atoms with van der Waals surface area (Å²) >= 11 is 0.